The van der Waals surface area contributed by atoms with Gasteiger partial charge in [-0.2, -0.15) is 0 Å². The van der Waals surface area contributed by atoms with Crippen molar-refractivity contribution in [1.29, 1.82) is 0 Å². The SMILES string of the molecule is CCCCC1NCN(C2CN3CCC2CC3)C1=O. The molecule has 0 radical (unpaired) electrons. The second-order valence-corrected chi connectivity index (χ2v) is 6.07. The molecule has 0 spiro atoms. The fourth-order valence-electron chi connectivity index (χ4n) is 3.78. The van der Waals surface area contributed by atoms with Gasteiger partial charge in [0.05, 0.1) is 12.7 Å². The zero-order chi connectivity index (χ0) is 12.5. The Labute approximate surface area is 110 Å². The van der Waals surface area contributed by atoms with E-state index >= 15 is 0 Å². The topological polar surface area (TPSA) is 35.6 Å². The fraction of sp³-hybridized carbons (Fsp3) is 0.929. The molecule has 4 heterocycles. The van der Waals surface area contributed by atoms with Gasteiger partial charge in [-0.1, -0.05) is 19.8 Å². The van der Waals surface area contributed by atoms with Crippen molar-refractivity contribution in [3.05, 3.63) is 0 Å². The van der Waals surface area contributed by atoms with Gasteiger partial charge in [0.2, 0.25) is 5.91 Å². The van der Waals surface area contributed by atoms with E-state index in [4.69, 9.17) is 0 Å². The Bertz CT molecular complexity index is 312. The molecule has 4 heteroatoms. The molecule has 4 rings (SSSR count). The van der Waals surface area contributed by atoms with Gasteiger partial charge in [-0.15, -0.1) is 0 Å². The van der Waals surface area contributed by atoms with E-state index in [0.29, 0.717) is 11.9 Å². The van der Waals surface area contributed by atoms with Crippen LogP contribution in [0.25, 0.3) is 0 Å². The standard InChI is InChI=1S/C14H25N3O/c1-2-3-4-12-14(18)17(10-15-12)13-9-16-7-5-11(13)6-8-16/h11-13,15H,2-10H2,1H3. The molecule has 1 N–H and O–H groups in total. The van der Waals surface area contributed by atoms with Gasteiger partial charge in [-0.05, 0) is 38.3 Å². The van der Waals surface area contributed by atoms with Crippen LogP contribution in [0.2, 0.25) is 0 Å². The molecule has 4 aliphatic heterocycles. The minimum Gasteiger partial charge on any atom is -0.324 e. The predicted octanol–water partition coefficient (Wildman–Crippen LogP) is 1.03. The number of piperidine rings is 3. The fourth-order valence-corrected chi connectivity index (χ4v) is 3.78. The number of fused-ring (bicyclic) bond motifs is 3. The Morgan fingerprint density at radius 2 is 2.11 bits per heavy atom. The van der Waals surface area contributed by atoms with E-state index in [-0.39, 0.29) is 6.04 Å². The number of nitrogens with zero attached hydrogens (tertiary/aromatic N) is 2. The van der Waals surface area contributed by atoms with Crippen LogP contribution in [0.4, 0.5) is 0 Å². The van der Waals surface area contributed by atoms with Crippen molar-refractivity contribution in [2.45, 2.75) is 51.1 Å². The molecule has 4 nitrogen and oxygen atoms in total. The summed E-state index contributed by atoms with van der Waals surface area (Å²) in [6, 6.07) is 0.583. The molecule has 18 heavy (non-hydrogen) atoms. The minimum absolute atomic E-state index is 0.0976. The minimum atomic E-state index is 0.0976. The molecule has 102 valence electrons. The second kappa shape index (κ2) is 5.17. The summed E-state index contributed by atoms with van der Waals surface area (Å²) in [4.78, 5) is 17.1. The van der Waals surface area contributed by atoms with Crippen molar-refractivity contribution < 1.29 is 4.79 Å². The van der Waals surface area contributed by atoms with Crippen LogP contribution in [0.5, 0.6) is 0 Å². The average molecular weight is 251 g/mol. The molecule has 4 saturated heterocycles. The highest BCUT2D eigenvalue weighted by atomic mass is 16.2. The van der Waals surface area contributed by atoms with Crippen LogP contribution in [0.1, 0.15) is 39.0 Å². The van der Waals surface area contributed by atoms with Crippen molar-refractivity contribution in [2.75, 3.05) is 26.3 Å². The van der Waals surface area contributed by atoms with Crippen molar-refractivity contribution >= 4 is 5.91 Å². The maximum Gasteiger partial charge on any atom is 0.241 e. The van der Waals surface area contributed by atoms with Crippen LogP contribution in [-0.4, -0.2) is 54.1 Å². The number of hydrogen-bond acceptors (Lipinski definition) is 3. The van der Waals surface area contributed by atoms with Gasteiger partial charge in [0.1, 0.15) is 0 Å². The molecule has 4 aliphatic rings. The molecule has 1 amide bonds. The summed E-state index contributed by atoms with van der Waals surface area (Å²) in [5, 5.41) is 3.41. The molecular formula is C14H25N3O. The van der Waals surface area contributed by atoms with Gasteiger partial charge in [0, 0.05) is 12.6 Å². The summed E-state index contributed by atoms with van der Waals surface area (Å²) in [5.41, 5.74) is 0. The highest BCUT2D eigenvalue weighted by Crippen LogP contribution is 2.32. The van der Waals surface area contributed by atoms with Gasteiger partial charge in [0.15, 0.2) is 0 Å². The van der Waals surface area contributed by atoms with Gasteiger partial charge < -0.3 is 9.80 Å². The first kappa shape index (κ1) is 12.4. The third kappa shape index (κ3) is 2.16. The molecule has 0 aromatic rings. The molecular weight excluding hydrogens is 226 g/mol. The summed E-state index contributed by atoms with van der Waals surface area (Å²) < 4.78 is 0. The lowest BCUT2D eigenvalue weighted by Gasteiger charge is -2.47. The first-order chi connectivity index (χ1) is 8.79. The number of amides is 1. The van der Waals surface area contributed by atoms with E-state index < -0.39 is 0 Å². The summed E-state index contributed by atoms with van der Waals surface area (Å²) in [5.74, 6) is 1.12. The van der Waals surface area contributed by atoms with Crippen LogP contribution in [0.15, 0.2) is 0 Å². The van der Waals surface area contributed by atoms with Crippen molar-refractivity contribution in [2.24, 2.45) is 5.92 Å². The summed E-state index contributed by atoms with van der Waals surface area (Å²) in [7, 11) is 0. The van der Waals surface area contributed by atoms with E-state index in [1.165, 1.54) is 32.4 Å². The maximum atomic E-state index is 12.4. The van der Waals surface area contributed by atoms with Gasteiger partial charge in [0.25, 0.3) is 0 Å². The van der Waals surface area contributed by atoms with Gasteiger partial charge >= 0.3 is 0 Å². The summed E-state index contributed by atoms with van der Waals surface area (Å²) >= 11 is 0. The van der Waals surface area contributed by atoms with Gasteiger partial charge in [-0.3, -0.25) is 10.1 Å². The van der Waals surface area contributed by atoms with Crippen LogP contribution in [0, 0.1) is 5.92 Å². The zero-order valence-electron chi connectivity index (χ0n) is 11.4. The van der Waals surface area contributed by atoms with Gasteiger partial charge in [-0.25, -0.2) is 0 Å². The van der Waals surface area contributed by atoms with Crippen molar-refractivity contribution in [3.8, 4) is 0 Å². The predicted molar refractivity (Wildman–Crippen MR) is 71.1 cm³/mol. The lowest BCUT2D eigenvalue weighted by atomic mass is 9.83. The molecule has 0 saturated carbocycles. The Morgan fingerprint density at radius 1 is 1.33 bits per heavy atom. The Balaban J connectivity index is 1.62. The van der Waals surface area contributed by atoms with E-state index in [2.05, 4.69) is 22.0 Å². The lowest BCUT2D eigenvalue weighted by molar-refractivity contribution is -0.134. The number of carbonyl (C=O) groups is 1. The number of nitrogens with one attached hydrogen (secondary N) is 1. The van der Waals surface area contributed by atoms with Crippen LogP contribution in [0.3, 0.4) is 0 Å². The van der Waals surface area contributed by atoms with Crippen LogP contribution in [-0.2, 0) is 4.79 Å². The van der Waals surface area contributed by atoms with E-state index in [9.17, 15) is 4.79 Å². The molecule has 2 unspecified atom stereocenters. The number of unbranched alkanes of at least 4 members (excludes halogenated alkanes) is 1. The smallest absolute Gasteiger partial charge is 0.241 e. The quantitative estimate of drug-likeness (QED) is 0.810. The molecule has 2 bridgehead atoms. The highest BCUT2D eigenvalue weighted by Gasteiger charge is 2.43. The van der Waals surface area contributed by atoms with E-state index in [1.807, 2.05) is 0 Å². The Hall–Kier alpha value is -0.610. The first-order valence-corrected chi connectivity index (χ1v) is 7.56. The zero-order valence-corrected chi connectivity index (χ0v) is 11.4. The van der Waals surface area contributed by atoms with Crippen molar-refractivity contribution in [1.82, 2.24) is 15.1 Å². The summed E-state index contributed by atoms with van der Waals surface area (Å²) in [6.07, 6.45) is 5.90. The summed E-state index contributed by atoms with van der Waals surface area (Å²) in [6.45, 7) is 6.57. The lowest BCUT2D eigenvalue weighted by Crippen LogP contribution is -2.58. The number of carbonyl (C=O) groups excluding carboxylic acids is 1. The molecule has 0 aliphatic carbocycles. The van der Waals surface area contributed by atoms with Crippen LogP contribution >= 0.6 is 0 Å². The number of hydrogen-bond donors (Lipinski definition) is 1. The number of rotatable bonds is 4. The van der Waals surface area contributed by atoms with E-state index in [0.717, 1.165) is 32.0 Å². The Kier molecular flexibility index (Phi) is 3.57. The highest BCUT2D eigenvalue weighted by molar-refractivity contribution is 5.84. The molecule has 4 fully saturated rings. The maximum absolute atomic E-state index is 12.4. The molecule has 0 aromatic carbocycles. The Morgan fingerprint density at radius 3 is 2.72 bits per heavy atom. The van der Waals surface area contributed by atoms with E-state index in [1.54, 1.807) is 0 Å². The monoisotopic (exact) mass is 251 g/mol. The largest absolute Gasteiger partial charge is 0.324 e. The molecule has 2 atom stereocenters. The normalized spacial score (nSPS) is 39.6. The third-order valence-corrected chi connectivity index (χ3v) is 4.96. The van der Waals surface area contributed by atoms with Crippen molar-refractivity contribution in [3.63, 3.8) is 0 Å². The molecule has 0 aromatic heterocycles. The first-order valence-electron chi connectivity index (χ1n) is 7.56. The second-order valence-electron chi connectivity index (χ2n) is 6.07. The average Bonchev–Trinajstić information content (AvgIpc) is 2.79. The third-order valence-electron chi connectivity index (χ3n) is 4.96. The van der Waals surface area contributed by atoms with Crippen LogP contribution < -0.4 is 5.32 Å².